The lowest BCUT2D eigenvalue weighted by Crippen LogP contribution is -2.43. The van der Waals surface area contributed by atoms with Crippen LogP contribution in [0.25, 0.3) is 45.0 Å². The van der Waals surface area contributed by atoms with E-state index >= 15 is 0 Å². The van der Waals surface area contributed by atoms with Crippen molar-refractivity contribution in [2.75, 3.05) is 176 Å². The number of rotatable bonds is 26. The molecule has 6 aliphatic heterocycles. The fourth-order valence-corrected chi connectivity index (χ4v) is 17.2. The molecule has 8 aromatic heterocycles. The minimum Gasteiger partial charge on any atom is -0.381 e. The molecule has 32 heteroatoms. The molecule has 0 spiro atoms. The van der Waals surface area contributed by atoms with E-state index in [9.17, 15) is 38.4 Å². The van der Waals surface area contributed by atoms with Gasteiger partial charge in [-0.1, -0.05) is 18.2 Å². The summed E-state index contributed by atoms with van der Waals surface area (Å²) in [7, 11) is 5.81. The minimum absolute atomic E-state index is 0.160. The van der Waals surface area contributed by atoms with Gasteiger partial charge in [0.15, 0.2) is 0 Å². The average molecular weight is 1810 g/mol. The summed E-state index contributed by atoms with van der Waals surface area (Å²) in [5.41, 5.74) is 12.3. The number of carbonyl (C=O) groups is 4. The number of piperazine rings is 1. The summed E-state index contributed by atoms with van der Waals surface area (Å²) in [5.74, 6) is 1.52. The highest BCUT2D eigenvalue weighted by molar-refractivity contribution is 6.07. The lowest BCUT2D eigenvalue weighted by atomic mass is 10.0. The van der Waals surface area contributed by atoms with Crippen LogP contribution in [0.1, 0.15) is 137 Å². The standard InChI is InChI=1S/C29H36N6O2.C28H33N5O3.C24H27N5O2.C21H23N7O2/c1-34-16-6-7-23(34)14-15-30-27-9-5-8-25(32-27)22-19-26(29(37)31-20-22)33-28(36)21-10-12-24(13-11-21)35-17-3-2-4-18-35;34-27(21-7-9-23(10-8-21)33-13-2-1-3-14-33)32-25-17-22(19-30-28(25)35)24-5-4-6-26(31-24)29-18-20-11-15-36-16-12-20;1-25-16-19-6-5-7-21(27-19)18-14-22(24(31)26-15-18)28-23(30)17-8-10-20(11-9-17)29-12-3-2-4-13-29;1-22-19-11-17(25-13-26-19)15-10-18(21(30)24-12-15)27-20(29)14-2-4-16(5-3-14)28-8-6-23-7-9-28/h5,8-13,19-20,23H,2-4,6-7,14-18H2,1H3,(H,30,32)(H,31,37)(H,33,36);4-10,17,19-20H,1-3,11-16,18H2,(H,29,31)(H,30,35)(H,32,34);5-11,14-15,25H,2-4,12-13,16H2,1H3,(H,26,31)(H,28,30);2-5,10-13,23H,6-9H2,1H3,(H,24,30)(H,27,29)(H,22,25,26). The first-order chi connectivity index (χ1) is 65.5. The summed E-state index contributed by atoms with van der Waals surface area (Å²) in [4.78, 5) is 146. The molecule has 13 N–H and O–H groups in total. The number of H-pyrrole nitrogens is 4. The molecule has 0 saturated carbocycles. The lowest BCUT2D eigenvalue weighted by molar-refractivity contribution is 0.0699. The minimum atomic E-state index is -0.382. The van der Waals surface area contributed by atoms with Crippen LogP contribution in [0.3, 0.4) is 0 Å². The Labute approximate surface area is 778 Å². The molecule has 32 nitrogen and oxygen atoms in total. The third-order valence-corrected chi connectivity index (χ3v) is 24.9. The van der Waals surface area contributed by atoms with Gasteiger partial charge < -0.3 is 97.0 Å². The van der Waals surface area contributed by atoms with Crippen molar-refractivity contribution >= 4 is 86.6 Å². The Hall–Kier alpha value is -14.5. The SMILES string of the molecule is CN1CCCC1CCNc1cccc(-c2c[nH]c(=O)c(NC(=O)c3ccc(N4CCCCC4)cc3)c2)n1.CNCc1cccc(-c2c[nH]c(=O)c(NC(=O)c3ccc(N4CCCCC4)cc3)c2)n1.CNc1cc(-c2c[nH]c(=O)c(NC(=O)c3ccc(N4CCNCC4)cc3)c2)ncn1.O=C(Nc1cc(-c2cccc(NCC3CCOCC3)n2)c[nH]c1=O)c1ccc(N2CCCCC2)cc1. The van der Waals surface area contributed by atoms with Gasteiger partial charge in [0.2, 0.25) is 0 Å². The lowest BCUT2D eigenvalue weighted by Gasteiger charge is -2.29. The molecule has 0 radical (unpaired) electrons. The van der Waals surface area contributed by atoms with Crippen LogP contribution < -0.4 is 89.7 Å². The fraction of sp³-hybridized carbons (Fsp3) is 0.343. The van der Waals surface area contributed by atoms with Gasteiger partial charge in [0.25, 0.3) is 45.9 Å². The number of carbonyl (C=O) groups excluding carboxylic acids is 4. The van der Waals surface area contributed by atoms with Gasteiger partial charge in [0, 0.05) is 209 Å². The number of piperidine rings is 3. The molecule has 14 heterocycles. The predicted octanol–water partition coefficient (Wildman–Crippen LogP) is 14.0. The first-order valence-electron chi connectivity index (χ1n) is 46.6. The molecule has 0 bridgehead atoms. The molecular formula is C102H119N23O9. The maximum Gasteiger partial charge on any atom is 0.271 e. The van der Waals surface area contributed by atoms with Crippen molar-refractivity contribution < 1.29 is 23.9 Å². The summed E-state index contributed by atoms with van der Waals surface area (Å²) in [5, 5.41) is 27.2. The predicted molar refractivity (Wildman–Crippen MR) is 533 cm³/mol. The highest BCUT2D eigenvalue weighted by atomic mass is 16.5. The molecular weight excluding hydrogens is 1690 g/mol. The number of ether oxygens (including phenoxy) is 1. The zero-order valence-electron chi connectivity index (χ0n) is 76.2. The van der Waals surface area contributed by atoms with Crippen LogP contribution in [-0.2, 0) is 11.3 Å². The zero-order chi connectivity index (χ0) is 92.9. The van der Waals surface area contributed by atoms with Crippen molar-refractivity contribution in [3.8, 4) is 45.0 Å². The number of aromatic amines is 4. The van der Waals surface area contributed by atoms with Gasteiger partial charge in [-0.05, 0) is 274 Å². The summed E-state index contributed by atoms with van der Waals surface area (Å²) >= 11 is 0. The number of likely N-dealkylation sites (tertiary alicyclic amines) is 1. The van der Waals surface area contributed by atoms with E-state index in [0.717, 1.165) is 179 Å². The Kier molecular flexibility index (Phi) is 33.1. The van der Waals surface area contributed by atoms with E-state index < -0.39 is 0 Å². The number of nitrogens with zero attached hydrogens (tertiary/aromatic N) is 10. The van der Waals surface area contributed by atoms with E-state index in [0.29, 0.717) is 63.5 Å². The Morgan fingerprint density at radius 1 is 0.396 bits per heavy atom. The van der Waals surface area contributed by atoms with E-state index in [1.807, 2.05) is 134 Å². The largest absolute Gasteiger partial charge is 0.381 e. The van der Waals surface area contributed by atoms with Crippen LogP contribution in [-0.4, -0.2) is 199 Å². The summed E-state index contributed by atoms with van der Waals surface area (Å²) in [6.45, 7) is 15.2. The third-order valence-electron chi connectivity index (χ3n) is 24.9. The molecule has 696 valence electrons. The average Bonchev–Trinajstić information content (AvgIpc) is 1.32. The van der Waals surface area contributed by atoms with Crippen LogP contribution in [0.2, 0.25) is 0 Å². The number of hydrogen-bond donors (Lipinski definition) is 13. The van der Waals surface area contributed by atoms with Crippen molar-refractivity contribution in [1.29, 1.82) is 0 Å². The number of amides is 4. The Morgan fingerprint density at radius 2 is 0.776 bits per heavy atom. The van der Waals surface area contributed by atoms with E-state index in [4.69, 9.17) is 14.7 Å². The van der Waals surface area contributed by atoms with Crippen molar-refractivity contribution in [2.24, 2.45) is 5.92 Å². The van der Waals surface area contributed by atoms with E-state index in [2.05, 4.69) is 114 Å². The van der Waals surface area contributed by atoms with E-state index in [-0.39, 0.29) is 68.6 Å². The van der Waals surface area contributed by atoms with Crippen LogP contribution in [0.4, 0.5) is 63.0 Å². The molecule has 6 aliphatic rings. The first-order valence-corrected chi connectivity index (χ1v) is 46.6. The highest BCUT2D eigenvalue weighted by Crippen LogP contribution is 2.30. The Morgan fingerprint density at radius 3 is 1.16 bits per heavy atom. The number of nitrogens with one attached hydrogen (secondary N) is 13. The van der Waals surface area contributed by atoms with Crippen molar-refractivity contribution in [3.05, 3.63) is 282 Å². The van der Waals surface area contributed by atoms with E-state index in [1.54, 1.807) is 86.4 Å². The topological polar surface area (TPSA) is 398 Å². The molecule has 4 aromatic carbocycles. The van der Waals surface area contributed by atoms with Crippen molar-refractivity contribution in [1.82, 2.24) is 60.4 Å². The second-order valence-corrected chi connectivity index (χ2v) is 34.2. The number of hydrogen-bond acceptors (Lipinski definition) is 24. The zero-order valence-corrected chi connectivity index (χ0v) is 76.2. The molecule has 4 amide bonds. The van der Waals surface area contributed by atoms with Crippen molar-refractivity contribution in [3.63, 3.8) is 0 Å². The van der Waals surface area contributed by atoms with Gasteiger partial charge in [-0.2, -0.15) is 0 Å². The van der Waals surface area contributed by atoms with Crippen LogP contribution in [0.15, 0.2) is 232 Å². The molecule has 1 atom stereocenters. The number of aromatic nitrogens is 9. The quantitative estimate of drug-likeness (QED) is 0.0239. The summed E-state index contributed by atoms with van der Waals surface area (Å²) in [6.07, 6.45) is 24.6. The number of pyridine rings is 7. The van der Waals surface area contributed by atoms with Gasteiger partial charge in [-0.25, -0.2) is 19.9 Å². The Balaban J connectivity index is 0.000000137. The second kappa shape index (κ2) is 47.1. The van der Waals surface area contributed by atoms with Crippen LogP contribution in [0, 0.1) is 5.92 Å². The molecule has 12 aromatic rings. The fourth-order valence-electron chi connectivity index (χ4n) is 17.2. The summed E-state index contributed by atoms with van der Waals surface area (Å²) < 4.78 is 5.43. The smallest absolute Gasteiger partial charge is 0.271 e. The molecule has 0 aliphatic carbocycles. The maximum atomic E-state index is 12.9. The van der Waals surface area contributed by atoms with Gasteiger partial charge in [-0.3, -0.25) is 43.3 Å². The molecule has 18 rings (SSSR count). The Bertz CT molecular complexity index is 6180. The normalized spacial score (nSPS) is 15.7. The summed E-state index contributed by atoms with van der Waals surface area (Å²) in [6, 6.07) is 56.4. The number of anilines is 11. The number of benzene rings is 4. The van der Waals surface area contributed by atoms with Gasteiger partial charge in [0.1, 0.15) is 46.5 Å². The molecule has 134 heavy (non-hydrogen) atoms. The highest BCUT2D eigenvalue weighted by Gasteiger charge is 2.24. The van der Waals surface area contributed by atoms with Gasteiger partial charge in [0.05, 0.1) is 28.5 Å². The monoisotopic (exact) mass is 1810 g/mol. The van der Waals surface area contributed by atoms with Gasteiger partial charge >= 0.3 is 0 Å². The van der Waals surface area contributed by atoms with Crippen LogP contribution in [0.5, 0.6) is 0 Å². The van der Waals surface area contributed by atoms with Crippen LogP contribution >= 0.6 is 0 Å². The second-order valence-electron chi connectivity index (χ2n) is 34.2. The molecule has 1 unspecified atom stereocenters. The maximum absolute atomic E-state index is 12.9. The molecule has 6 fully saturated rings. The molecule has 6 saturated heterocycles. The van der Waals surface area contributed by atoms with E-state index in [1.165, 1.54) is 83.5 Å². The van der Waals surface area contributed by atoms with Crippen molar-refractivity contribution in [2.45, 2.75) is 102 Å². The first kappa shape index (κ1) is 94.2. The third kappa shape index (κ3) is 26.0. The van der Waals surface area contributed by atoms with Gasteiger partial charge in [-0.15, -0.1) is 0 Å².